The Morgan fingerprint density at radius 1 is 1.36 bits per heavy atom. The van der Waals surface area contributed by atoms with Gasteiger partial charge in [-0.1, -0.05) is 18.2 Å². The SMILES string of the molecule is Oc1ccccc1C1(F)CCCNC1. The molecule has 1 saturated heterocycles. The van der Waals surface area contributed by atoms with Gasteiger partial charge in [0, 0.05) is 12.1 Å². The summed E-state index contributed by atoms with van der Waals surface area (Å²) in [5.74, 6) is 0.0544. The Hall–Kier alpha value is -1.09. The average Bonchev–Trinajstić information content (AvgIpc) is 2.19. The fourth-order valence-electron chi connectivity index (χ4n) is 1.95. The number of halogens is 1. The third-order valence-corrected chi connectivity index (χ3v) is 2.72. The fourth-order valence-corrected chi connectivity index (χ4v) is 1.95. The lowest BCUT2D eigenvalue weighted by Crippen LogP contribution is -2.40. The summed E-state index contributed by atoms with van der Waals surface area (Å²) in [5.41, 5.74) is -0.990. The molecule has 0 radical (unpaired) electrons. The first-order valence-corrected chi connectivity index (χ1v) is 4.90. The van der Waals surface area contributed by atoms with Gasteiger partial charge >= 0.3 is 0 Å². The van der Waals surface area contributed by atoms with E-state index in [4.69, 9.17) is 0 Å². The Morgan fingerprint density at radius 2 is 2.14 bits per heavy atom. The van der Waals surface area contributed by atoms with Crippen LogP contribution in [-0.4, -0.2) is 18.2 Å². The van der Waals surface area contributed by atoms with Crippen molar-refractivity contribution in [1.82, 2.24) is 5.32 Å². The fraction of sp³-hybridized carbons (Fsp3) is 0.455. The zero-order valence-corrected chi connectivity index (χ0v) is 7.96. The van der Waals surface area contributed by atoms with Crippen molar-refractivity contribution >= 4 is 0 Å². The maximum absolute atomic E-state index is 14.3. The second kappa shape index (κ2) is 3.58. The number of para-hydroxylation sites is 1. The molecule has 1 fully saturated rings. The van der Waals surface area contributed by atoms with E-state index in [-0.39, 0.29) is 5.75 Å². The van der Waals surface area contributed by atoms with Gasteiger partial charge in [0.25, 0.3) is 0 Å². The number of phenolic OH excluding ortho intramolecular Hbond substituents is 1. The molecule has 1 heterocycles. The van der Waals surface area contributed by atoms with Gasteiger partial charge in [0.2, 0.25) is 0 Å². The highest BCUT2D eigenvalue weighted by Gasteiger charge is 2.35. The summed E-state index contributed by atoms with van der Waals surface area (Å²) in [6, 6.07) is 6.65. The monoisotopic (exact) mass is 195 g/mol. The van der Waals surface area contributed by atoms with E-state index < -0.39 is 5.67 Å². The zero-order chi connectivity index (χ0) is 10.0. The van der Waals surface area contributed by atoms with Crippen molar-refractivity contribution in [2.45, 2.75) is 18.5 Å². The van der Waals surface area contributed by atoms with Crippen LogP contribution in [0.1, 0.15) is 18.4 Å². The van der Waals surface area contributed by atoms with E-state index in [9.17, 15) is 9.50 Å². The lowest BCUT2D eigenvalue weighted by Gasteiger charge is -2.30. The van der Waals surface area contributed by atoms with Crippen molar-refractivity contribution in [2.24, 2.45) is 0 Å². The van der Waals surface area contributed by atoms with Crippen LogP contribution in [-0.2, 0) is 5.67 Å². The number of benzene rings is 1. The maximum Gasteiger partial charge on any atom is 0.151 e. The summed E-state index contributed by atoms with van der Waals surface area (Å²) in [6.07, 6.45) is 1.29. The number of alkyl halides is 1. The molecular formula is C11H14FNO. The molecule has 0 aliphatic carbocycles. The summed E-state index contributed by atoms with van der Waals surface area (Å²) in [7, 11) is 0. The molecule has 14 heavy (non-hydrogen) atoms. The van der Waals surface area contributed by atoms with E-state index in [0.717, 1.165) is 13.0 Å². The van der Waals surface area contributed by atoms with Crippen LogP contribution in [0.25, 0.3) is 0 Å². The minimum atomic E-state index is -1.40. The summed E-state index contributed by atoms with van der Waals surface area (Å²) >= 11 is 0. The van der Waals surface area contributed by atoms with Crippen LogP contribution in [0.4, 0.5) is 4.39 Å². The lowest BCUT2D eigenvalue weighted by molar-refractivity contribution is 0.118. The quantitative estimate of drug-likeness (QED) is 0.717. The van der Waals surface area contributed by atoms with Crippen molar-refractivity contribution in [3.63, 3.8) is 0 Å². The van der Waals surface area contributed by atoms with Gasteiger partial charge in [0.15, 0.2) is 5.67 Å². The van der Waals surface area contributed by atoms with E-state index >= 15 is 0 Å². The molecule has 76 valence electrons. The Morgan fingerprint density at radius 3 is 2.79 bits per heavy atom. The first-order valence-electron chi connectivity index (χ1n) is 4.90. The Bertz CT molecular complexity index is 321. The average molecular weight is 195 g/mol. The molecule has 0 aromatic heterocycles. The molecule has 1 aromatic rings. The topological polar surface area (TPSA) is 32.3 Å². The Labute approximate surface area is 82.8 Å². The first kappa shape index (κ1) is 9.46. The van der Waals surface area contributed by atoms with Gasteiger partial charge < -0.3 is 10.4 Å². The molecule has 0 bridgehead atoms. The predicted octanol–water partition coefficient (Wildman–Crippen LogP) is 1.94. The molecule has 2 rings (SSSR count). The largest absolute Gasteiger partial charge is 0.508 e. The van der Waals surface area contributed by atoms with Gasteiger partial charge in [-0.15, -0.1) is 0 Å². The van der Waals surface area contributed by atoms with Crippen LogP contribution in [0, 0.1) is 0 Å². The minimum absolute atomic E-state index is 0.0544. The van der Waals surface area contributed by atoms with Crippen LogP contribution in [0.3, 0.4) is 0 Å². The van der Waals surface area contributed by atoms with E-state index in [2.05, 4.69) is 5.32 Å². The lowest BCUT2D eigenvalue weighted by atomic mass is 9.88. The molecule has 1 unspecified atom stereocenters. The molecule has 3 heteroatoms. The second-order valence-electron chi connectivity index (χ2n) is 3.76. The molecule has 0 amide bonds. The third kappa shape index (κ3) is 1.60. The van der Waals surface area contributed by atoms with Crippen LogP contribution >= 0.6 is 0 Å². The van der Waals surface area contributed by atoms with Crippen LogP contribution < -0.4 is 5.32 Å². The van der Waals surface area contributed by atoms with Crippen molar-refractivity contribution in [1.29, 1.82) is 0 Å². The van der Waals surface area contributed by atoms with Crippen LogP contribution in [0.2, 0.25) is 0 Å². The number of aromatic hydroxyl groups is 1. The molecule has 2 N–H and O–H groups in total. The van der Waals surface area contributed by atoms with Gasteiger partial charge in [0.1, 0.15) is 5.75 Å². The molecule has 2 nitrogen and oxygen atoms in total. The molecular weight excluding hydrogens is 181 g/mol. The van der Waals surface area contributed by atoms with Crippen LogP contribution in [0.5, 0.6) is 5.75 Å². The molecule has 0 spiro atoms. The van der Waals surface area contributed by atoms with Gasteiger partial charge in [-0.2, -0.15) is 0 Å². The molecule has 1 aliphatic rings. The second-order valence-corrected chi connectivity index (χ2v) is 3.76. The Balaban J connectivity index is 2.32. The number of nitrogens with one attached hydrogen (secondary N) is 1. The maximum atomic E-state index is 14.3. The van der Waals surface area contributed by atoms with Crippen molar-refractivity contribution in [3.8, 4) is 5.75 Å². The van der Waals surface area contributed by atoms with Gasteiger partial charge in [0.05, 0.1) is 0 Å². The number of hydrogen-bond acceptors (Lipinski definition) is 2. The number of rotatable bonds is 1. The van der Waals surface area contributed by atoms with Gasteiger partial charge in [-0.25, -0.2) is 4.39 Å². The molecule has 1 aromatic carbocycles. The highest BCUT2D eigenvalue weighted by molar-refractivity contribution is 5.37. The third-order valence-electron chi connectivity index (χ3n) is 2.72. The van der Waals surface area contributed by atoms with E-state index in [1.807, 2.05) is 0 Å². The molecule has 1 atom stereocenters. The predicted molar refractivity (Wildman–Crippen MR) is 53.0 cm³/mol. The smallest absolute Gasteiger partial charge is 0.151 e. The first-order chi connectivity index (χ1) is 6.72. The van der Waals surface area contributed by atoms with Crippen LogP contribution in [0.15, 0.2) is 24.3 Å². The van der Waals surface area contributed by atoms with Crippen molar-refractivity contribution < 1.29 is 9.50 Å². The highest BCUT2D eigenvalue weighted by Crippen LogP contribution is 2.37. The summed E-state index contributed by atoms with van der Waals surface area (Å²) in [6.45, 7) is 1.16. The van der Waals surface area contributed by atoms with Gasteiger partial charge in [-0.3, -0.25) is 0 Å². The van der Waals surface area contributed by atoms with E-state index in [1.54, 1.807) is 18.2 Å². The normalized spacial score (nSPS) is 27.5. The van der Waals surface area contributed by atoms with Crippen molar-refractivity contribution in [3.05, 3.63) is 29.8 Å². The highest BCUT2D eigenvalue weighted by atomic mass is 19.1. The zero-order valence-electron chi connectivity index (χ0n) is 7.96. The van der Waals surface area contributed by atoms with Crippen molar-refractivity contribution in [2.75, 3.05) is 13.1 Å². The number of hydrogen-bond donors (Lipinski definition) is 2. The minimum Gasteiger partial charge on any atom is -0.508 e. The van der Waals surface area contributed by atoms with E-state index in [1.165, 1.54) is 6.07 Å². The molecule has 0 saturated carbocycles. The number of phenols is 1. The standard InChI is InChI=1S/C11H14FNO/c12-11(6-3-7-13-8-11)9-4-1-2-5-10(9)14/h1-2,4-5,13-14H,3,6-8H2. The Kier molecular flexibility index (Phi) is 2.42. The number of piperidine rings is 1. The molecule has 1 aliphatic heterocycles. The van der Waals surface area contributed by atoms with Gasteiger partial charge in [-0.05, 0) is 25.5 Å². The summed E-state index contributed by atoms with van der Waals surface area (Å²) < 4.78 is 14.3. The summed E-state index contributed by atoms with van der Waals surface area (Å²) in [4.78, 5) is 0. The summed E-state index contributed by atoms with van der Waals surface area (Å²) in [5, 5.41) is 12.6. The van der Waals surface area contributed by atoms with E-state index in [0.29, 0.717) is 18.5 Å².